The third-order valence-electron chi connectivity index (χ3n) is 2.82. The van der Waals surface area contributed by atoms with Crippen molar-refractivity contribution in [1.29, 1.82) is 0 Å². The van der Waals surface area contributed by atoms with Crippen LogP contribution in [0.25, 0.3) is 0 Å². The number of hydrogen-bond acceptors (Lipinski definition) is 3. The van der Waals surface area contributed by atoms with Crippen LogP contribution in [0.5, 0.6) is 0 Å². The van der Waals surface area contributed by atoms with E-state index >= 15 is 0 Å². The molecular formula is C11H9IN2S. The Balaban J connectivity index is 1.90. The number of halogens is 1. The van der Waals surface area contributed by atoms with Crippen molar-refractivity contribution in [3.63, 3.8) is 0 Å². The summed E-state index contributed by atoms with van der Waals surface area (Å²) in [7, 11) is 0. The molecule has 0 bridgehead atoms. The number of fused-ring (bicyclic) bond motifs is 1. The fourth-order valence-electron chi connectivity index (χ4n) is 2.11. The molecule has 0 saturated carbocycles. The largest absolute Gasteiger partial charge is 0.178 e. The van der Waals surface area contributed by atoms with Gasteiger partial charge in [-0.2, -0.15) is 0 Å². The number of hydrogen-bond donors (Lipinski definition) is 0. The van der Waals surface area contributed by atoms with Crippen LogP contribution in [0.15, 0.2) is 24.3 Å². The zero-order valence-corrected chi connectivity index (χ0v) is 11.0. The van der Waals surface area contributed by atoms with Crippen molar-refractivity contribution in [3.05, 3.63) is 43.4 Å². The Hall–Kier alpha value is -0.490. The van der Waals surface area contributed by atoms with Gasteiger partial charge in [0.15, 0.2) is 3.01 Å². The van der Waals surface area contributed by atoms with Gasteiger partial charge in [-0.3, -0.25) is 0 Å². The van der Waals surface area contributed by atoms with Gasteiger partial charge in [-0.25, -0.2) is 0 Å². The van der Waals surface area contributed by atoms with Crippen molar-refractivity contribution in [1.82, 2.24) is 10.2 Å². The minimum absolute atomic E-state index is 0.559. The molecular weight excluding hydrogens is 319 g/mol. The van der Waals surface area contributed by atoms with Crippen LogP contribution >= 0.6 is 33.9 Å². The fraction of sp³-hybridized carbons (Fsp3) is 0.273. The molecule has 1 aliphatic carbocycles. The lowest BCUT2D eigenvalue weighted by atomic mass is 10.1. The van der Waals surface area contributed by atoms with Crippen molar-refractivity contribution in [2.24, 2.45) is 0 Å². The second-order valence-electron chi connectivity index (χ2n) is 3.77. The molecule has 0 fully saturated rings. The van der Waals surface area contributed by atoms with Gasteiger partial charge in [-0.15, -0.1) is 10.2 Å². The highest BCUT2D eigenvalue weighted by Gasteiger charge is 2.25. The van der Waals surface area contributed by atoms with Crippen molar-refractivity contribution in [2.75, 3.05) is 0 Å². The topological polar surface area (TPSA) is 25.8 Å². The summed E-state index contributed by atoms with van der Waals surface area (Å²) in [5.74, 6) is 0.559. The zero-order valence-electron chi connectivity index (χ0n) is 7.98. The van der Waals surface area contributed by atoms with Crippen LogP contribution in [0.2, 0.25) is 0 Å². The van der Waals surface area contributed by atoms with Crippen molar-refractivity contribution in [2.45, 2.75) is 18.8 Å². The first-order valence-electron chi connectivity index (χ1n) is 4.88. The Labute approximate surface area is 106 Å². The standard InChI is InChI=1S/C11H9IN2S/c12-11-14-13-10(15-11)9-5-7-3-1-2-4-8(7)6-9/h1-4,9H,5-6H2. The average molecular weight is 328 g/mol. The fourth-order valence-corrected chi connectivity index (χ4v) is 3.57. The second kappa shape index (κ2) is 3.83. The van der Waals surface area contributed by atoms with E-state index in [0.29, 0.717) is 5.92 Å². The molecule has 0 amide bonds. The molecule has 0 spiro atoms. The van der Waals surface area contributed by atoms with Gasteiger partial charge in [0.1, 0.15) is 5.01 Å². The number of benzene rings is 1. The second-order valence-corrected chi connectivity index (χ2v) is 6.53. The molecule has 76 valence electrons. The Morgan fingerprint density at radius 2 is 1.80 bits per heavy atom. The van der Waals surface area contributed by atoms with E-state index in [2.05, 4.69) is 57.1 Å². The highest BCUT2D eigenvalue weighted by atomic mass is 127. The summed E-state index contributed by atoms with van der Waals surface area (Å²) in [5.41, 5.74) is 2.96. The van der Waals surface area contributed by atoms with E-state index in [1.54, 1.807) is 11.3 Å². The molecule has 0 unspecified atom stereocenters. The summed E-state index contributed by atoms with van der Waals surface area (Å²) in [5, 5.41) is 9.51. The van der Waals surface area contributed by atoms with Gasteiger partial charge < -0.3 is 0 Å². The maximum atomic E-state index is 4.24. The van der Waals surface area contributed by atoms with E-state index in [1.165, 1.54) is 16.1 Å². The van der Waals surface area contributed by atoms with Crippen LogP contribution in [0.3, 0.4) is 0 Å². The van der Waals surface area contributed by atoms with Crippen LogP contribution in [0, 0.1) is 3.01 Å². The van der Waals surface area contributed by atoms with Gasteiger partial charge >= 0.3 is 0 Å². The third-order valence-corrected chi connectivity index (χ3v) is 4.57. The van der Waals surface area contributed by atoms with Gasteiger partial charge in [0, 0.05) is 5.92 Å². The molecule has 0 radical (unpaired) electrons. The number of rotatable bonds is 1. The highest BCUT2D eigenvalue weighted by molar-refractivity contribution is 14.1. The van der Waals surface area contributed by atoms with E-state index < -0.39 is 0 Å². The lowest BCUT2D eigenvalue weighted by Gasteiger charge is -2.01. The maximum Gasteiger partial charge on any atom is 0.178 e. The summed E-state index contributed by atoms with van der Waals surface area (Å²) < 4.78 is 1.04. The molecule has 0 N–H and O–H groups in total. The molecule has 0 atom stereocenters. The predicted octanol–water partition coefficient (Wildman–Crippen LogP) is 3.03. The van der Waals surface area contributed by atoms with E-state index in [4.69, 9.17) is 0 Å². The van der Waals surface area contributed by atoms with Crippen molar-refractivity contribution >= 4 is 33.9 Å². The molecule has 2 nitrogen and oxygen atoms in total. The Kier molecular flexibility index (Phi) is 2.48. The van der Waals surface area contributed by atoms with E-state index in [0.717, 1.165) is 15.9 Å². The first-order chi connectivity index (χ1) is 7.33. The van der Waals surface area contributed by atoms with Crippen LogP contribution < -0.4 is 0 Å². The molecule has 4 heteroatoms. The van der Waals surface area contributed by atoms with Crippen molar-refractivity contribution < 1.29 is 0 Å². The van der Waals surface area contributed by atoms with Gasteiger partial charge in [0.25, 0.3) is 0 Å². The Bertz CT molecular complexity index is 470. The van der Waals surface area contributed by atoms with E-state index in [-0.39, 0.29) is 0 Å². The molecule has 0 aliphatic heterocycles. The van der Waals surface area contributed by atoms with Crippen LogP contribution in [0.4, 0.5) is 0 Å². The molecule has 1 aromatic carbocycles. The minimum atomic E-state index is 0.559. The van der Waals surface area contributed by atoms with Crippen LogP contribution in [-0.4, -0.2) is 10.2 Å². The lowest BCUT2D eigenvalue weighted by Crippen LogP contribution is -1.96. The smallest absolute Gasteiger partial charge is 0.142 e. The summed E-state index contributed by atoms with van der Waals surface area (Å²) in [6.45, 7) is 0. The van der Waals surface area contributed by atoms with Crippen molar-refractivity contribution in [3.8, 4) is 0 Å². The maximum absolute atomic E-state index is 4.24. The van der Waals surface area contributed by atoms with Gasteiger partial charge in [0.05, 0.1) is 0 Å². The Morgan fingerprint density at radius 1 is 1.13 bits per heavy atom. The molecule has 3 rings (SSSR count). The first kappa shape index (κ1) is 9.72. The van der Waals surface area contributed by atoms with Gasteiger partial charge in [-0.05, 0) is 46.6 Å². The molecule has 0 saturated heterocycles. The molecule has 1 aromatic heterocycles. The normalized spacial score (nSPS) is 15.5. The van der Waals surface area contributed by atoms with E-state index in [1.807, 2.05) is 0 Å². The summed E-state index contributed by atoms with van der Waals surface area (Å²) >= 11 is 3.95. The molecule has 1 heterocycles. The third kappa shape index (κ3) is 1.80. The SMILES string of the molecule is Ic1nnc(C2Cc3ccccc3C2)s1. The highest BCUT2D eigenvalue weighted by Crippen LogP contribution is 2.35. The molecule has 15 heavy (non-hydrogen) atoms. The summed E-state index contributed by atoms with van der Waals surface area (Å²) in [4.78, 5) is 0. The van der Waals surface area contributed by atoms with E-state index in [9.17, 15) is 0 Å². The summed E-state index contributed by atoms with van der Waals surface area (Å²) in [6.07, 6.45) is 2.25. The van der Waals surface area contributed by atoms with Crippen LogP contribution in [0.1, 0.15) is 22.1 Å². The lowest BCUT2D eigenvalue weighted by molar-refractivity contribution is 0.720. The number of nitrogens with zero attached hydrogens (tertiary/aromatic N) is 2. The number of aromatic nitrogens is 2. The minimum Gasteiger partial charge on any atom is -0.142 e. The first-order valence-corrected chi connectivity index (χ1v) is 6.78. The summed E-state index contributed by atoms with van der Waals surface area (Å²) in [6, 6.07) is 8.68. The molecule has 1 aliphatic rings. The van der Waals surface area contributed by atoms with Gasteiger partial charge in [0.2, 0.25) is 0 Å². The monoisotopic (exact) mass is 328 g/mol. The van der Waals surface area contributed by atoms with Crippen LogP contribution in [-0.2, 0) is 12.8 Å². The quantitative estimate of drug-likeness (QED) is 0.752. The van der Waals surface area contributed by atoms with Gasteiger partial charge in [-0.1, -0.05) is 35.6 Å². The Morgan fingerprint density at radius 3 is 2.33 bits per heavy atom. The average Bonchev–Trinajstić information content (AvgIpc) is 2.82. The predicted molar refractivity (Wildman–Crippen MR) is 69.2 cm³/mol. The zero-order chi connectivity index (χ0) is 10.3. The molecule has 2 aromatic rings.